The average Bonchev–Trinajstić information content (AvgIpc) is 3.39. The SMILES string of the molecule is N=C1/C(=C/c2ccc(Sc3ccccc3)o2)C(=O)N=C2SC=C(c3ccccc3)N12. The third-order valence-corrected chi connectivity index (χ3v) is 6.29. The zero-order chi connectivity index (χ0) is 20.5. The van der Waals surface area contributed by atoms with Gasteiger partial charge in [0.15, 0.2) is 10.3 Å². The number of benzene rings is 2. The Kier molecular flexibility index (Phi) is 4.90. The maximum Gasteiger partial charge on any atom is 0.283 e. The summed E-state index contributed by atoms with van der Waals surface area (Å²) in [7, 11) is 0. The third-order valence-electron chi connectivity index (χ3n) is 4.53. The summed E-state index contributed by atoms with van der Waals surface area (Å²) >= 11 is 2.85. The molecule has 1 amide bonds. The molecule has 0 bridgehead atoms. The minimum Gasteiger partial charge on any atom is -0.450 e. The number of aliphatic imine (C=N–C) groups is 1. The highest BCUT2D eigenvalue weighted by Crippen LogP contribution is 2.37. The molecule has 0 atom stereocenters. The van der Waals surface area contributed by atoms with Crippen LogP contribution in [-0.4, -0.2) is 21.8 Å². The van der Waals surface area contributed by atoms with E-state index in [9.17, 15) is 4.79 Å². The lowest BCUT2D eigenvalue weighted by molar-refractivity contribution is -0.114. The molecule has 0 saturated heterocycles. The molecule has 0 fully saturated rings. The molecular formula is C23H15N3O2S2. The maximum atomic E-state index is 12.6. The summed E-state index contributed by atoms with van der Waals surface area (Å²) in [5.74, 6) is 0.172. The molecule has 5 nitrogen and oxygen atoms in total. The van der Waals surface area contributed by atoms with Crippen LogP contribution < -0.4 is 0 Å². The van der Waals surface area contributed by atoms with Gasteiger partial charge in [-0.25, -0.2) is 0 Å². The predicted molar refractivity (Wildman–Crippen MR) is 121 cm³/mol. The lowest BCUT2D eigenvalue weighted by Gasteiger charge is -2.26. The highest BCUT2D eigenvalue weighted by Gasteiger charge is 2.36. The predicted octanol–water partition coefficient (Wildman–Crippen LogP) is 5.74. The van der Waals surface area contributed by atoms with Gasteiger partial charge in [-0.15, -0.1) is 0 Å². The van der Waals surface area contributed by atoms with Gasteiger partial charge in [0.1, 0.15) is 11.6 Å². The monoisotopic (exact) mass is 429 g/mol. The lowest BCUT2D eigenvalue weighted by atomic mass is 10.1. The van der Waals surface area contributed by atoms with E-state index >= 15 is 0 Å². The Hall–Kier alpha value is -3.29. The number of hydrogen-bond acceptors (Lipinski definition) is 5. The summed E-state index contributed by atoms with van der Waals surface area (Å²) in [5, 5.41) is 11.8. The fourth-order valence-corrected chi connectivity index (χ4v) is 4.82. The van der Waals surface area contributed by atoms with E-state index in [0.717, 1.165) is 16.2 Å². The highest BCUT2D eigenvalue weighted by molar-refractivity contribution is 8.17. The number of thioether (sulfide) groups is 1. The largest absolute Gasteiger partial charge is 0.450 e. The zero-order valence-electron chi connectivity index (χ0n) is 15.6. The van der Waals surface area contributed by atoms with Gasteiger partial charge in [-0.1, -0.05) is 72.1 Å². The van der Waals surface area contributed by atoms with E-state index in [0.29, 0.717) is 16.0 Å². The van der Waals surface area contributed by atoms with Crippen LogP contribution >= 0.6 is 23.5 Å². The molecule has 2 aromatic carbocycles. The van der Waals surface area contributed by atoms with Crippen LogP contribution in [0.3, 0.4) is 0 Å². The van der Waals surface area contributed by atoms with Crippen molar-refractivity contribution < 1.29 is 9.21 Å². The molecule has 0 unspecified atom stereocenters. The van der Waals surface area contributed by atoms with E-state index in [-0.39, 0.29) is 11.4 Å². The minimum atomic E-state index is -0.435. The fourth-order valence-electron chi connectivity index (χ4n) is 3.13. The lowest BCUT2D eigenvalue weighted by Crippen LogP contribution is -2.37. The van der Waals surface area contributed by atoms with Crippen LogP contribution in [0.2, 0.25) is 0 Å². The normalized spacial score (nSPS) is 17.2. The van der Waals surface area contributed by atoms with Crippen molar-refractivity contribution in [3.05, 3.63) is 95.1 Å². The van der Waals surface area contributed by atoms with Gasteiger partial charge in [-0.3, -0.25) is 15.1 Å². The van der Waals surface area contributed by atoms with Crippen LogP contribution in [-0.2, 0) is 4.79 Å². The van der Waals surface area contributed by atoms with Crippen LogP contribution in [0, 0.1) is 5.41 Å². The van der Waals surface area contributed by atoms with E-state index in [1.165, 1.54) is 23.5 Å². The van der Waals surface area contributed by atoms with Gasteiger partial charge >= 0.3 is 0 Å². The van der Waals surface area contributed by atoms with E-state index in [4.69, 9.17) is 9.83 Å². The molecule has 3 heterocycles. The van der Waals surface area contributed by atoms with Gasteiger partial charge in [0.2, 0.25) is 0 Å². The summed E-state index contributed by atoms with van der Waals surface area (Å²) < 4.78 is 5.86. The molecule has 7 heteroatoms. The number of hydrogen-bond donors (Lipinski definition) is 1. The van der Waals surface area contributed by atoms with Crippen LogP contribution in [0.5, 0.6) is 0 Å². The Labute approximate surface area is 181 Å². The summed E-state index contributed by atoms with van der Waals surface area (Å²) in [4.78, 5) is 19.5. The fraction of sp³-hybridized carbons (Fsp3) is 0. The molecule has 30 heavy (non-hydrogen) atoms. The van der Waals surface area contributed by atoms with Gasteiger partial charge in [0.05, 0.1) is 11.3 Å². The molecule has 0 spiro atoms. The molecule has 0 saturated carbocycles. The topological polar surface area (TPSA) is 69.7 Å². The number of fused-ring (bicyclic) bond motifs is 1. The number of furan rings is 1. The minimum absolute atomic E-state index is 0.0961. The number of nitrogens with one attached hydrogen (secondary N) is 1. The maximum absolute atomic E-state index is 12.6. The summed E-state index contributed by atoms with van der Waals surface area (Å²) in [5.41, 5.74) is 2.00. The van der Waals surface area contributed by atoms with Gasteiger partial charge < -0.3 is 4.42 Å². The van der Waals surface area contributed by atoms with E-state index in [2.05, 4.69) is 4.99 Å². The molecule has 0 radical (unpaired) electrons. The zero-order valence-corrected chi connectivity index (χ0v) is 17.2. The van der Waals surface area contributed by atoms with Crippen LogP contribution in [0.25, 0.3) is 11.8 Å². The summed E-state index contributed by atoms with van der Waals surface area (Å²) in [6, 6.07) is 23.3. The third kappa shape index (κ3) is 3.53. The molecular weight excluding hydrogens is 414 g/mol. The molecule has 0 aliphatic carbocycles. The highest BCUT2D eigenvalue weighted by atomic mass is 32.2. The van der Waals surface area contributed by atoms with Crippen molar-refractivity contribution in [1.82, 2.24) is 4.90 Å². The Morgan fingerprint density at radius 1 is 1.00 bits per heavy atom. The Morgan fingerprint density at radius 2 is 1.73 bits per heavy atom. The van der Waals surface area contributed by atoms with Crippen molar-refractivity contribution in [3.8, 4) is 0 Å². The number of amides is 1. The molecule has 1 N–H and O–H groups in total. The second-order valence-electron chi connectivity index (χ2n) is 6.50. The number of carbonyl (C=O) groups is 1. The number of carbonyl (C=O) groups excluding carboxylic acids is 1. The first-order valence-electron chi connectivity index (χ1n) is 9.18. The summed E-state index contributed by atoms with van der Waals surface area (Å²) in [6.07, 6.45) is 1.59. The Bertz CT molecular complexity index is 1230. The first-order chi connectivity index (χ1) is 14.7. The first-order valence-corrected chi connectivity index (χ1v) is 10.9. The van der Waals surface area contributed by atoms with E-state index < -0.39 is 5.91 Å². The van der Waals surface area contributed by atoms with Crippen molar-refractivity contribution in [1.29, 1.82) is 5.41 Å². The molecule has 146 valence electrons. The van der Waals surface area contributed by atoms with Crippen LogP contribution in [0.1, 0.15) is 11.3 Å². The van der Waals surface area contributed by atoms with Gasteiger partial charge in [0.25, 0.3) is 5.91 Å². The second-order valence-corrected chi connectivity index (χ2v) is 8.41. The van der Waals surface area contributed by atoms with E-state index in [1.54, 1.807) is 17.0 Å². The van der Waals surface area contributed by atoms with Crippen LogP contribution in [0.4, 0.5) is 0 Å². The van der Waals surface area contributed by atoms with Gasteiger partial charge in [-0.2, -0.15) is 4.99 Å². The molecule has 3 aromatic rings. The molecule has 2 aliphatic rings. The van der Waals surface area contributed by atoms with Gasteiger partial charge in [0, 0.05) is 10.3 Å². The number of amidine groups is 2. The van der Waals surface area contributed by atoms with Crippen molar-refractivity contribution in [2.45, 2.75) is 9.99 Å². The first kappa shape index (κ1) is 18.7. The number of nitrogens with zero attached hydrogens (tertiary/aromatic N) is 2. The standard InChI is InChI=1S/C23H15N3O2S2/c24-21-18(13-16-11-12-20(28-16)30-17-9-5-2-6-10-17)22(27)25-23-26(21)19(14-29-23)15-7-3-1-4-8-15/h1-14,24H/b18-13-,24-21?. The smallest absolute Gasteiger partial charge is 0.283 e. The van der Waals surface area contributed by atoms with Crippen molar-refractivity contribution in [2.75, 3.05) is 0 Å². The molecule has 1 aromatic heterocycles. The van der Waals surface area contributed by atoms with Crippen molar-refractivity contribution in [3.63, 3.8) is 0 Å². The Balaban J connectivity index is 1.43. The second kappa shape index (κ2) is 7.85. The molecule has 5 rings (SSSR count). The van der Waals surface area contributed by atoms with Crippen molar-refractivity contribution in [2.24, 2.45) is 4.99 Å². The number of rotatable bonds is 4. The molecule has 2 aliphatic heterocycles. The van der Waals surface area contributed by atoms with Crippen molar-refractivity contribution >= 4 is 52.2 Å². The Morgan fingerprint density at radius 3 is 2.50 bits per heavy atom. The summed E-state index contributed by atoms with van der Waals surface area (Å²) in [6.45, 7) is 0. The van der Waals surface area contributed by atoms with Gasteiger partial charge in [-0.05, 0) is 35.9 Å². The van der Waals surface area contributed by atoms with E-state index in [1.807, 2.05) is 72.1 Å². The average molecular weight is 430 g/mol. The quantitative estimate of drug-likeness (QED) is 0.536. The van der Waals surface area contributed by atoms with Crippen LogP contribution in [0.15, 0.2) is 103 Å².